The van der Waals surface area contributed by atoms with Crippen LogP contribution >= 0.6 is 0 Å². The minimum atomic E-state index is -4.10. The van der Waals surface area contributed by atoms with Crippen LogP contribution in [0.1, 0.15) is 13.3 Å². The molecule has 0 fully saturated rings. The zero-order chi connectivity index (χ0) is 14.5. The maximum absolute atomic E-state index is 13.4. The molecule has 1 aromatic rings. The number of rotatable bonds is 6. The number of hydrogen-bond acceptors (Lipinski definition) is 4. The first kappa shape index (κ1) is 15.5. The lowest BCUT2D eigenvalue weighted by Gasteiger charge is -2.16. The third-order valence-electron chi connectivity index (χ3n) is 2.32. The van der Waals surface area contributed by atoms with Crippen LogP contribution in [-0.4, -0.2) is 43.8 Å². The molecule has 8 heteroatoms. The Kier molecular flexibility index (Phi) is 5.37. The van der Waals surface area contributed by atoms with E-state index in [1.54, 1.807) is 0 Å². The van der Waals surface area contributed by atoms with Crippen molar-refractivity contribution >= 4 is 15.9 Å². The van der Waals surface area contributed by atoms with Gasteiger partial charge in [-0.3, -0.25) is 4.79 Å². The summed E-state index contributed by atoms with van der Waals surface area (Å²) in [4.78, 5) is 14.9. The topological polar surface area (TPSA) is 79.4 Å². The van der Waals surface area contributed by atoms with Crippen LogP contribution in [0.5, 0.6) is 0 Å². The first-order valence-corrected chi connectivity index (χ1v) is 7.17. The van der Waals surface area contributed by atoms with E-state index in [4.69, 9.17) is 0 Å². The number of sulfonamides is 1. The number of carbonyl (C=O) groups excluding carboxylic acids is 1. The molecule has 1 rings (SSSR count). The molecule has 0 aliphatic rings. The molecule has 0 spiro atoms. The van der Waals surface area contributed by atoms with Gasteiger partial charge in [0.25, 0.3) is 10.0 Å². The highest BCUT2D eigenvalue weighted by Gasteiger charge is 2.27. The van der Waals surface area contributed by atoms with Crippen molar-refractivity contribution in [3.05, 3.63) is 24.1 Å². The molecule has 0 aromatic carbocycles. The Balaban J connectivity index is 2.84. The van der Waals surface area contributed by atoms with Gasteiger partial charge in [-0.15, -0.1) is 0 Å². The maximum atomic E-state index is 13.4. The highest BCUT2D eigenvalue weighted by molar-refractivity contribution is 7.89. The van der Waals surface area contributed by atoms with Crippen LogP contribution in [0.25, 0.3) is 0 Å². The second-order valence-electron chi connectivity index (χ2n) is 3.90. The van der Waals surface area contributed by atoms with E-state index in [-0.39, 0.29) is 6.54 Å². The van der Waals surface area contributed by atoms with Gasteiger partial charge in [-0.05, 0) is 18.6 Å². The molecular weight excluding hydrogens is 273 g/mol. The van der Waals surface area contributed by atoms with Gasteiger partial charge in [0, 0.05) is 19.8 Å². The molecule has 0 bridgehead atoms. The molecule has 0 aliphatic heterocycles. The fourth-order valence-electron chi connectivity index (χ4n) is 1.32. The predicted molar refractivity (Wildman–Crippen MR) is 67.3 cm³/mol. The van der Waals surface area contributed by atoms with Crippen molar-refractivity contribution in [1.82, 2.24) is 14.6 Å². The lowest BCUT2D eigenvalue weighted by molar-refractivity contribution is -0.121. The molecule has 0 aliphatic carbocycles. The van der Waals surface area contributed by atoms with Crippen molar-refractivity contribution in [1.29, 1.82) is 0 Å². The van der Waals surface area contributed by atoms with E-state index in [2.05, 4.69) is 10.3 Å². The lowest BCUT2D eigenvalue weighted by atomic mass is 10.4. The molecule has 0 atom stereocenters. The summed E-state index contributed by atoms with van der Waals surface area (Å²) in [5.74, 6) is -1.38. The van der Waals surface area contributed by atoms with Gasteiger partial charge in [-0.1, -0.05) is 6.92 Å². The first-order chi connectivity index (χ1) is 8.89. The van der Waals surface area contributed by atoms with E-state index in [1.165, 1.54) is 19.3 Å². The SMILES string of the molecule is CCCNC(=O)CN(C)S(=O)(=O)c1ncccc1F. The smallest absolute Gasteiger partial charge is 0.263 e. The van der Waals surface area contributed by atoms with Crippen LogP contribution in [-0.2, 0) is 14.8 Å². The summed E-state index contributed by atoms with van der Waals surface area (Å²) in [6.45, 7) is 1.97. The molecule has 106 valence electrons. The summed E-state index contributed by atoms with van der Waals surface area (Å²) in [7, 11) is -2.90. The van der Waals surface area contributed by atoms with Gasteiger partial charge in [0.1, 0.15) is 0 Å². The third kappa shape index (κ3) is 3.97. The molecule has 1 aromatic heterocycles. The van der Waals surface area contributed by atoms with Crippen LogP contribution in [0.4, 0.5) is 4.39 Å². The molecule has 0 unspecified atom stereocenters. The van der Waals surface area contributed by atoms with Crippen LogP contribution < -0.4 is 5.32 Å². The van der Waals surface area contributed by atoms with Crippen LogP contribution in [0.2, 0.25) is 0 Å². The molecular formula is C11H16FN3O3S. The van der Waals surface area contributed by atoms with E-state index in [0.29, 0.717) is 6.54 Å². The maximum Gasteiger partial charge on any atom is 0.263 e. The number of likely N-dealkylation sites (N-methyl/N-ethyl adjacent to an activating group) is 1. The Morgan fingerprint density at radius 2 is 2.21 bits per heavy atom. The Hall–Kier alpha value is -1.54. The Labute approximate surface area is 111 Å². The Morgan fingerprint density at radius 3 is 2.79 bits per heavy atom. The summed E-state index contributed by atoms with van der Waals surface area (Å²) in [6, 6.07) is 2.30. The summed E-state index contributed by atoms with van der Waals surface area (Å²) in [5, 5.41) is 1.86. The standard InChI is InChI=1S/C11H16FN3O3S/c1-3-6-13-10(16)8-15(2)19(17,18)11-9(12)5-4-7-14-11/h4-5,7H,3,6,8H2,1-2H3,(H,13,16). The number of halogens is 1. The average Bonchev–Trinajstić information content (AvgIpc) is 2.36. The fourth-order valence-corrected chi connectivity index (χ4v) is 2.41. The molecule has 19 heavy (non-hydrogen) atoms. The Bertz CT molecular complexity index is 548. The highest BCUT2D eigenvalue weighted by Crippen LogP contribution is 2.14. The number of aromatic nitrogens is 1. The number of nitrogens with zero attached hydrogens (tertiary/aromatic N) is 2. The molecule has 1 N–H and O–H groups in total. The van der Waals surface area contributed by atoms with E-state index in [1.807, 2.05) is 6.92 Å². The third-order valence-corrected chi connectivity index (χ3v) is 4.06. The van der Waals surface area contributed by atoms with Gasteiger partial charge in [0.15, 0.2) is 5.82 Å². The van der Waals surface area contributed by atoms with Crippen LogP contribution in [0.3, 0.4) is 0 Å². The largest absolute Gasteiger partial charge is 0.355 e. The number of hydrogen-bond donors (Lipinski definition) is 1. The molecule has 1 heterocycles. The quantitative estimate of drug-likeness (QED) is 0.820. The zero-order valence-corrected chi connectivity index (χ0v) is 11.6. The number of carbonyl (C=O) groups is 1. The van der Waals surface area contributed by atoms with Gasteiger partial charge in [0.05, 0.1) is 6.54 Å². The molecule has 6 nitrogen and oxygen atoms in total. The summed E-state index contributed by atoms with van der Waals surface area (Å²) >= 11 is 0. The minimum Gasteiger partial charge on any atom is -0.355 e. The molecule has 0 saturated heterocycles. The van der Waals surface area contributed by atoms with Crippen LogP contribution in [0.15, 0.2) is 23.4 Å². The normalized spacial score (nSPS) is 11.6. The van der Waals surface area contributed by atoms with Crippen molar-refractivity contribution in [3.63, 3.8) is 0 Å². The number of amides is 1. The fraction of sp³-hybridized carbons (Fsp3) is 0.455. The number of nitrogens with one attached hydrogen (secondary N) is 1. The van der Waals surface area contributed by atoms with E-state index in [9.17, 15) is 17.6 Å². The van der Waals surface area contributed by atoms with E-state index >= 15 is 0 Å². The van der Waals surface area contributed by atoms with Gasteiger partial charge < -0.3 is 5.32 Å². The zero-order valence-electron chi connectivity index (χ0n) is 10.8. The van der Waals surface area contributed by atoms with Gasteiger partial charge in [0.2, 0.25) is 10.9 Å². The van der Waals surface area contributed by atoms with E-state index in [0.717, 1.165) is 16.8 Å². The second-order valence-corrected chi connectivity index (χ2v) is 5.86. The highest BCUT2D eigenvalue weighted by atomic mass is 32.2. The van der Waals surface area contributed by atoms with Gasteiger partial charge in [-0.25, -0.2) is 17.8 Å². The van der Waals surface area contributed by atoms with Crippen LogP contribution in [0, 0.1) is 5.82 Å². The number of pyridine rings is 1. The summed E-state index contributed by atoms with van der Waals surface area (Å²) < 4.78 is 38.2. The van der Waals surface area contributed by atoms with Crippen molar-refractivity contribution in [2.24, 2.45) is 0 Å². The van der Waals surface area contributed by atoms with Crippen molar-refractivity contribution in [2.75, 3.05) is 20.1 Å². The summed E-state index contributed by atoms with van der Waals surface area (Å²) in [5.41, 5.74) is 0. The van der Waals surface area contributed by atoms with E-state index < -0.39 is 26.8 Å². The van der Waals surface area contributed by atoms with Gasteiger partial charge >= 0.3 is 0 Å². The average molecular weight is 289 g/mol. The lowest BCUT2D eigenvalue weighted by Crippen LogP contribution is -2.39. The van der Waals surface area contributed by atoms with Crippen molar-refractivity contribution < 1.29 is 17.6 Å². The first-order valence-electron chi connectivity index (χ1n) is 5.73. The minimum absolute atomic E-state index is 0.377. The monoisotopic (exact) mass is 289 g/mol. The van der Waals surface area contributed by atoms with Crippen molar-refractivity contribution in [3.8, 4) is 0 Å². The molecule has 0 saturated carbocycles. The molecule has 0 radical (unpaired) electrons. The Morgan fingerprint density at radius 1 is 1.53 bits per heavy atom. The summed E-state index contributed by atoms with van der Waals surface area (Å²) in [6.07, 6.45) is 1.93. The van der Waals surface area contributed by atoms with Gasteiger partial charge in [-0.2, -0.15) is 4.31 Å². The second kappa shape index (κ2) is 6.58. The molecule has 1 amide bonds. The van der Waals surface area contributed by atoms with Crippen molar-refractivity contribution in [2.45, 2.75) is 18.4 Å². The predicted octanol–water partition coefficient (Wildman–Crippen LogP) is 0.367.